The molecular weight excluding hydrogens is 374 g/mol. The molecule has 5 nitrogen and oxygen atoms in total. The molecule has 2 aromatic carbocycles. The Morgan fingerprint density at radius 2 is 1.73 bits per heavy atom. The van der Waals surface area contributed by atoms with Crippen LogP contribution >= 0.6 is 0 Å². The number of pyridine rings is 1. The van der Waals surface area contributed by atoms with Crippen molar-refractivity contribution in [3.8, 4) is 5.75 Å². The smallest absolute Gasteiger partial charge is 0.150 e. The fourth-order valence-corrected chi connectivity index (χ4v) is 3.60. The zero-order valence-electron chi connectivity index (χ0n) is 17.3. The summed E-state index contributed by atoms with van der Waals surface area (Å²) in [6, 6.07) is 13.8. The van der Waals surface area contributed by atoms with Gasteiger partial charge in [0.05, 0.1) is 24.9 Å². The highest BCUT2D eigenvalue weighted by molar-refractivity contribution is 5.97. The Labute approximate surface area is 175 Å². The lowest BCUT2D eigenvalue weighted by Crippen LogP contribution is -2.02. The van der Waals surface area contributed by atoms with Crippen molar-refractivity contribution in [1.29, 1.82) is 0 Å². The van der Waals surface area contributed by atoms with Crippen LogP contribution in [0.2, 0.25) is 0 Å². The normalized spacial score (nSPS) is 11.3. The molecule has 0 N–H and O–H groups in total. The maximum atomic E-state index is 11.6. The fourth-order valence-electron chi connectivity index (χ4n) is 3.60. The maximum absolute atomic E-state index is 11.6. The molecule has 0 saturated heterocycles. The number of benzene rings is 2. The predicted molar refractivity (Wildman–Crippen MR) is 120 cm³/mol. The van der Waals surface area contributed by atoms with Crippen molar-refractivity contribution < 1.29 is 9.53 Å². The molecule has 0 spiro atoms. The molecule has 2 heterocycles. The third-order valence-electron chi connectivity index (χ3n) is 5.44. The molecule has 0 unspecified atom stereocenters. The minimum absolute atomic E-state index is 0.602. The molecular formula is C25H23N3O2. The first-order valence-electron chi connectivity index (χ1n) is 9.77. The van der Waals surface area contributed by atoms with Crippen LogP contribution in [0.1, 0.15) is 38.3 Å². The predicted octanol–water partition coefficient (Wildman–Crippen LogP) is 5.09. The molecule has 0 fully saturated rings. The first kappa shape index (κ1) is 19.6. The number of aromatic nitrogens is 3. The Kier molecular flexibility index (Phi) is 5.44. The van der Waals surface area contributed by atoms with E-state index < -0.39 is 0 Å². The third kappa shape index (κ3) is 3.74. The zero-order chi connectivity index (χ0) is 21.1. The van der Waals surface area contributed by atoms with Crippen molar-refractivity contribution >= 4 is 29.3 Å². The summed E-state index contributed by atoms with van der Waals surface area (Å²) in [4.78, 5) is 15.7. The second-order valence-electron chi connectivity index (χ2n) is 7.23. The number of ether oxygens (including phenoxy) is 1. The molecule has 0 bridgehead atoms. The highest BCUT2D eigenvalue weighted by atomic mass is 16.5. The van der Waals surface area contributed by atoms with Gasteiger partial charge in [-0.2, -0.15) is 5.10 Å². The van der Waals surface area contributed by atoms with E-state index >= 15 is 0 Å². The van der Waals surface area contributed by atoms with Gasteiger partial charge in [0.2, 0.25) is 0 Å². The highest BCUT2D eigenvalue weighted by Gasteiger charge is 2.16. The van der Waals surface area contributed by atoms with Crippen LogP contribution in [0.5, 0.6) is 5.75 Å². The SMILES string of the molecule is COc1ccc(Cn2nc(/C=C/c3ccncc3)c3c(C)c(C)c(C=O)cc32)cc1. The van der Waals surface area contributed by atoms with Crippen molar-refractivity contribution in [2.75, 3.05) is 7.11 Å². The topological polar surface area (TPSA) is 57.0 Å². The van der Waals surface area contributed by atoms with E-state index in [1.165, 1.54) is 0 Å². The van der Waals surface area contributed by atoms with Crippen LogP contribution in [0.15, 0.2) is 54.9 Å². The Morgan fingerprint density at radius 3 is 2.40 bits per heavy atom. The molecule has 0 aliphatic carbocycles. The summed E-state index contributed by atoms with van der Waals surface area (Å²) >= 11 is 0. The molecule has 5 heteroatoms. The summed E-state index contributed by atoms with van der Waals surface area (Å²) in [6.45, 7) is 4.63. The van der Waals surface area contributed by atoms with Crippen molar-refractivity contribution in [3.63, 3.8) is 0 Å². The molecule has 0 aliphatic rings. The minimum atomic E-state index is 0.602. The number of aldehydes is 1. The fraction of sp³-hybridized carbons (Fsp3) is 0.160. The standard InChI is InChI=1S/C25H23N3O2/c1-17-18(2)25-23(9-6-19-10-12-26-13-11-19)27-28(24(25)14-21(17)16-29)15-20-4-7-22(30-3)8-5-20/h4-14,16H,15H2,1-3H3/b9-6+. The van der Waals surface area contributed by atoms with Crippen LogP contribution < -0.4 is 4.74 Å². The molecule has 150 valence electrons. The van der Waals surface area contributed by atoms with Gasteiger partial charge in [-0.05, 0) is 72.5 Å². The van der Waals surface area contributed by atoms with E-state index in [0.29, 0.717) is 12.1 Å². The van der Waals surface area contributed by atoms with E-state index in [1.807, 2.05) is 73.1 Å². The number of hydrogen-bond donors (Lipinski definition) is 0. The quantitative estimate of drug-likeness (QED) is 0.425. The molecule has 0 atom stereocenters. The second-order valence-corrected chi connectivity index (χ2v) is 7.23. The average molecular weight is 397 g/mol. The summed E-state index contributed by atoms with van der Waals surface area (Å²) in [5, 5.41) is 5.95. The van der Waals surface area contributed by atoms with Gasteiger partial charge in [-0.25, -0.2) is 0 Å². The molecule has 30 heavy (non-hydrogen) atoms. The summed E-state index contributed by atoms with van der Waals surface area (Å²) in [5.74, 6) is 0.819. The van der Waals surface area contributed by atoms with E-state index in [0.717, 1.165) is 50.9 Å². The number of hydrogen-bond acceptors (Lipinski definition) is 4. The number of aryl methyl sites for hydroxylation is 1. The number of nitrogens with zero attached hydrogens (tertiary/aromatic N) is 3. The molecule has 0 aliphatic heterocycles. The lowest BCUT2D eigenvalue weighted by Gasteiger charge is -2.09. The summed E-state index contributed by atoms with van der Waals surface area (Å²) in [5.41, 5.74) is 6.75. The van der Waals surface area contributed by atoms with Gasteiger partial charge in [0.25, 0.3) is 0 Å². The number of fused-ring (bicyclic) bond motifs is 1. The number of carbonyl (C=O) groups is 1. The van der Waals surface area contributed by atoms with Crippen LogP contribution in [0.3, 0.4) is 0 Å². The van der Waals surface area contributed by atoms with E-state index in [-0.39, 0.29) is 0 Å². The Bertz CT molecular complexity index is 1220. The van der Waals surface area contributed by atoms with Crippen molar-refractivity contribution in [2.24, 2.45) is 0 Å². The largest absolute Gasteiger partial charge is 0.497 e. The van der Waals surface area contributed by atoms with Gasteiger partial charge < -0.3 is 4.74 Å². The van der Waals surface area contributed by atoms with Gasteiger partial charge in [0.1, 0.15) is 12.0 Å². The van der Waals surface area contributed by atoms with Crippen LogP contribution in [0.25, 0.3) is 23.1 Å². The molecule has 0 radical (unpaired) electrons. The van der Waals surface area contributed by atoms with E-state index in [1.54, 1.807) is 19.5 Å². The van der Waals surface area contributed by atoms with Gasteiger partial charge in [-0.1, -0.05) is 18.2 Å². The molecule has 0 saturated carbocycles. The Hall–Kier alpha value is -3.73. The van der Waals surface area contributed by atoms with Gasteiger partial charge in [0.15, 0.2) is 0 Å². The summed E-state index contributed by atoms with van der Waals surface area (Å²) < 4.78 is 7.21. The number of carbonyl (C=O) groups excluding carboxylic acids is 1. The Balaban J connectivity index is 1.83. The summed E-state index contributed by atoms with van der Waals surface area (Å²) in [6.07, 6.45) is 8.51. The number of rotatable bonds is 6. The van der Waals surface area contributed by atoms with Crippen molar-refractivity contribution in [1.82, 2.24) is 14.8 Å². The van der Waals surface area contributed by atoms with Crippen molar-refractivity contribution in [3.05, 3.63) is 88.4 Å². The first-order chi connectivity index (χ1) is 14.6. The van der Waals surface area contributed by atoms with Crippen LogP contribution in [0.4, 0.5) is 0 Å². The highest BCUT2D eigenvalue weighted by Crippen LogP contribution is 2.29. The van der Waals surface area contributed by atoms with Crippen LogP contribution in [0, 0.1) is 13.8 Å². The van der Waals surface area contributed by atoms with Gasteiger partial charge in [0, 0.05) is 23.3 Å². The lowest BCUT2D eigenvalue weighted by atomic mass is 9.98. The van der Waals surface area contributed by atoms with Crippen molar-refractivity contribution in [2.45, 2.75) is 20.4 Å². The van der Waals surface area contributed by atoms with Gasteiger partial charge in [-0.15, -0.1) is 0 Å². The second kappa shape index (κ2) is 8.33. The van der Waals surface area contributed by atoms with Gasteiger partial charge >= 0.3 is 0 Å². The molecule has 2 aromatic heterocycles. The van der Waals surface area contributed by atoms with Gasteiger partial charge in [-0.3, -0.25) is 14.5 Å². The van der Waals surface area contributed by atoms with E-state index in [9.17, 15) is 4.79 Å². The third-order valence-corrected chi connectivity index (χ3v) is 5.44. The first-order valence-corrected chi connectivity index (χ1v) is 9.77. The number of methoxy groups -OCH3 is 1. The molecule has 0 amide bonds. The monoisotopic (exact) mass is 397 g/mol. The lowest BCUT2D eigenvalue weighted by molar-refractivity contribution is 0.112. The average Bonchev–Trinajstić information content (AvgIpc) is 3.13. The minimum Gasteiger partial charge on any atom is -0.497 e. The molecule has 4 aromatic rings. The zero-order valence-corrected chi connectivity index (χ0v) is 17.3. The maximum Gasteiger partial charge on any atom is 0.150 e. The Morgan fingerprint density at radius 1 is 1.00 bits per heavy atom. The van der Waals surface area contributed by atoms with E-state index in [2.05, 4.69) is 4.98 Å². The van der Waals surface area contributed by atoms with Crippen LogP contribution in [-0.4, -0.2) is 28.2 Å². The van der Waals surface area contributed by atoms with Crippen LogP contribution in [-0.2, 0) is 6.54 Å². The molecule has 4 rings (SSSR count). The summed E-state index contributed by atoms with van der Waals surface area (Å²) in [7, 11) is 1.66. The van der Waals surface area contributed by atoms with E-state index in [4.69, 9.17) is 9.84 Å².